The Morgan fingerprint density at radius 1 is 1.32 bits per heavy atom. The van der Waals surface area contributed by atoms with Gasteiger partial charge in [0.05, 0.1) is 13.2 Å². The molecule has 1 N–H and O–H groups in total. The Balaban J connectivity index is 2.70. The van der Waals surface area contributed by atoms with E-state index in [-0.39, 0.29) is 23.7 Å². The van der Waals surface area contributed by atoms with Gasteiger partial charge in [-0.25, -0.2) is 4.39 Å². The number of nitrogens with one attached hydrogen (secondary N) is 1. The van der Waals surface area contributed by atoms with Crippen molar-refractivity contribution in [2.45, 2.75) is 38.8 Å². The van der Waals surface area contributed by atoms with Crippen molar-refractivity contribution in [1.29, 1.82) is 0 Å². The zero-order valence-electron chi connectivity index (χ0n) is 12.2. The van der Waals surface area contributed by atoms with Crippen LogP contribution in [0.3, 0.4) is 0 Å². The van der Waals surface area contributed by atoms with E-state index in [1.54, 1.807) is 19.2 Å². The molecule has 4 heteroatoms. The van der Waals surface area contributed by atoms with Crippen molar-refractivity contribution in [2.24, 2.45) is 0 Å². The SMILES string of the molecule is CCNC(Cc1ccc(OC)c(F)c1)CC(C)OC. The lowest BCUT2D eigenvalue weighted by Gasteiger charge is -2.21. The Bertz CT molecular complexity index is 384. The molecule has 0 aliphatic rings. The number of methoxy groups -OCH3 is 2. The van der Waals surface area contributed by atoms with Gasteiger partial charge in [0.2, 0.25) is 0 Å². The predicted molar refractivity (Wildman–Crippen MR) is 75.2 cm³/mol. The van der Waals surface area contributed by atoms with E-state index in [1.165, 1.54) is 7.11 Å². The molecule has 0 saturated carbocycles. The number of halogens is 1. The molecule has 0 saturated heterocycles. The van der Waals surface area contributed by atoms with E-state index in [9.17, 15) is 4.39 Å². The molecule has 1 aromatic rings. The highest BCUT2D eigenvalue weighted by Crippen LogP contribution is 2.19. The summed E-state index contributed by atoms with van der Waals surface area (Å²) in [6.07, 6.45) is 1.87. The third-order valence-electron chi connectivity index (χ3n) is 3.21. The van der Waals surface area contributed by atoms with Gasteiger partial charge in [0.25, 0.3) is 0 Å². The Morgan fingerprint density at radius 3 is 2.58 bits per heavy atom. The quantitative estimate of drug-likeness (QED) is 0.787. The topological polar surface area (TPSA) is 30.5 Å². The monoisotopic (exact) mass is 269 g/mol. The second-order valence-corrected chi connectivity index (χ2v) is 4.71. The first-order valence-electron chi connectivity index (χ1n) is 6.69. The first-order valence-corrected chi connectivity index (χ1v) is 6.69. The molecule has 0 aliphatic carbocycles. The van der Waals surface area contributed by atoms with Crippen LogP contribution in [0.25, 0.3) is 0 Å². The summed E-state index contributed by atoms with van der Waals surface area (Å²) in [5.41, 5.74) is 0.965. The fourth-order valence-corrected chi connectivity index (χ4v) is 2.15. The van der Waals surface area contributed by atoms with Crippen molar-refractivity contribution in [2.75, 3.05) is 20.8 Å². The molecule has 1 aromatic carbocycles. The van der Waals surface area contributed by atoms with Crippen LogP contribution in [0.15, 0.2) is 18.2 Å². The maximum atomic E-state index is 13.6. The van der Waals surface area contributed by atoms with Crippen molar-refractivity contribution >= 4 is 0 Å². The standard InChI is InChI=1S/C15H24FNO2/c1-5-17-13(8-11(2)18-3)9-12-6-7-15(19-4)14(16)10-12/h6-7,10-11,13,17H,5,8-9H2,1-4H3. The number of hydrogen-bond donors (Lipinski definition) is 1. The van der Waals surface area contributed by atoms with Crippen LogP contribution in [0.2, 0.25) is 0 Å². The molecule has 0 aliphatic heterocycles. The highest BCUT2D eigenvalue weighted by Gasteiger charge is 2.14. The average molecular weight is 269 g/mol. The molecule has 0 bridgehead atoms. The van der Waals surface area contributed by atoms with Crippen LogP contribution >= 0.6 is 0 Å². The molecule has 2 atom stereocenters. The second-order valence-electron chi connectivity index (χ2n) is 4.71. The number of rotatable bonds is 8. The van der Waals surface area contributed by atoms with Gasteiger partial charge in [-0.15, -0.1) is 0 Å². The number of hydrogen-bond acceptors (Lipinski definition) is 3. The highest BCUT2D eigenvalue weighted by molar-refractivity contribution is 5.29. The maximum absolute atomic E-state index is 13.6. The van der Waals surface area contributed by atoms with E-state index < -0.39 is 0 Å². The number of likely N-dealkylation sites (N-methyl/N-ethyl adjacent to an activating group) is 1. The van der Waals surface area contributed by atoms with Crippen LogP contribution < -0.4 is 10.1 Å². The molecule has 0 spiro atoms. The third-order valence-corrected chi connectivity index (χ3v) is 3.21. The first-order chi connectivity index (χ1) is 9.10. The highest BCUT2D eigenvalue weighted by atomic mass is 19.1. The number of ether oxygens (including phenoxy) is 2. The van der Waals surface area contributed by atoms with Gasteiger partial charge in [0, 0.05) is 13.2 Å². The molecule has 2 unspecified atom stereocenters. The fraction of sp³-hybridized carbons (Fsp3) is 0.600. The summed E-state index contributed by atoms with van der Waals surface area (Å²) in [7, 11) is 3.18. The summed E-state index contributed by atoms with van der Waals surface area (Å²) in [6, 6.07) is 5.41. The van der Waals surface area contributed by atoms with Gasteiger partial charge >= 0.3 is 0 Å². The molecule has 0 fully saturated rings. The first kappa shape index (κ1) is 15.9. The van der Waals surface area contributed by atoms with Gasteiger partial charge in [-0.2, -0.15) is 0 Å². The zero-order valence-corrected chi connectivity index (χ0v) is 12.2. The van der Waals surface area contributed by atoms with Gasteiger partial charge in [0.1, 0.15) is 0 Å². The molecule has 0 amide bonds. The maximum Gasteiger partial charge on any atom is 0.165 e. The van der Waals surface area contributed by atoms with E-state index in [4.69, 9.17) is 9.47 Å². The molecule has 0 aromatic heterocycles. The van der Waals surface area contributed by atoms with E-state index in [0.29, 0.717) is 0 Å². The Hall–Kier alpha value is -1.13. The Morgan fingerprint density at radius 2 is 2.05 bits per heavy atom. The fourth-order valence-electron chi connectivity index (χ4n) is 2.15. The largest absolute Gasteiger partial charge is 0.494 e. The molecular weight excluding hydrogens is 245 g/mol. The van der Waals surface area contributed by atoms with Crippen LogP contribution in [0, 0.1) is 5.82 Å². The van der Waals surface area contributed by atoms with Gasteiger partial charge in [-0.3, -0.25) is 0 Å². The van der Waals surface area contributed by atoms with Crippen LogP contribution in [0.1, 0.15) is 25.8 Å². The van der Waals surface area contributed by atoms with E-state index in [1.807, 2.05) is 13.0 Å². The molecule has 108 valence electrons. The summed E-state index contributed by atoms with van der Waals surface area (Å²) in [5, 5.41) is 3.41. The van der Waals surface area contributed by atoms with E-state index >= 15 is 0 Å². The lowest BCUT2D eigenvalue weighted by molar-refractivity contribution is 0.101. The van der Waals surface area contributed by atoms with Crippen LogP contribution in [-0.2, 0) is 11.2 Å². The van der Waals surface area contributed by atoms with Crippen molar-refractivity contribution in [3.05, 3.63) is 29.6 Å². The Labute approximate surface area is 115 Å². The molecule has 19 heavy (non-hydrogen) atoms. The lowest BCUT2D eigenvalue weighted by atomic mass is 10.0. The normalized spacial score (nSPS) is 14.2. The predicted octanol–water partition coefficient (Wildman–Crippen LogP) is 2.78. The van der Waals surface area contributed by atoms with Crippen LogP contribution in [0.5, 0.6) is 5.75 Å². The molecule has 3 nitrogen and oxygen atoms in total. The second kappa shape index (κ2) is 8.12. The zero-order chi connectivity index (χ0) is 14.3. The lowest BCUT2D eigenvalue weighted by Crippen LogP contribution is -2.34. The van der Waals surface area contributed by atoms with Crippen molar-refractivity contribution in [3.8, 4) is 5.75 Å². The summed E-state index contributed by atoms with van der Waals surface area (Å²) in [5.74, 6) is -0.0240. The third kappa shape index (κ3) is 5.17. The summed E-state index contributed by atoms with van der Waals surface area (Å²) in [6.45, 7) is 5.00. The van der Waals surface area contributed by atoms with Gasteiger partial charge < -0.3 is 14.8 Å². The molecular formula is C15H24FNO2. The molecule has 0 heterocycles. The van der Waals surface area contributed by atoms with Gasteiger partial charge in [-0.05, 0) is 44.0 Å². The van der Waals surface area contributed by atoms with E-state index in [2.05, 4.69) is 12.2 Å². The average Bonchev–Trinajstić information content (AvgIpc) is 2.39. The van der Waals surface area contributed by atoms with Gasteiger partial charge in [0.15, 0.2) is 11.6 Å². The summed E-state index contributed by atoms with van der Waals surface area (Å²) >= 11 is 0. The van der Waals surface area contributed by atoms with Crippen molar-refractivity contribution in [1.82, 2.24) is 5.32 Å². The number of benzene rings is 1. The minimum absolute atomic E-state index is 0.187. The van der Waals surface area contributed by atoms with Crippen molar-refractivity contribution in [3.63, 3.8) is 0 Å². The summed E-state index contributed by atoms with van der Waals surface area (Å²) in [4.78, 5) is 0. The smallest absolute Gasteiger partial charge is 0.165 e. The van der Waals surface area contributed by atoms with Gasteiger partial charge in [-0.1, -0.05) is 13.0 Å². The molecule has 1 rings (SSSR count). The van der Waals surface area contributed by atoms with Crippen molar-refractivity contribution < 1.29 is 13.9 Å². The Kier molecular flexibility index (Phi) is 6.81. The summed E-state index contributed by atoms with van der Waals surface area (Å²) < 4.78 is 23.9. The minimum Gasteiger partial charge on any atom is -0.494 e. The minimum atomic E-state index is -0.310. The van der Waals surface area contributed by atoms with E-state index in [0.717, 1.165) is 24.9 Å². The van der Waals surface area contributed by atoms with Crippen LogP contribution in [0.4, 0.5) is 4.39 Å². The molecule has 0 radical (unpaired) electrons. The van der Waals surface area contributed by atoms with Crippen LogP contribution in [-0.4, -0.2) is 32.9 Å².